The molecule has 3 rings (SSSR count). The van der Waals surface area contributed by atoms with Crippen LogP contribution in [0.5, 0.6) is 5.75 Å². The van der Waals surface area contributed by atoms with Crippen LogP contribution in [0.4, 0.5) is 0 Å². The molecule has 0 fully saturated rings. The second kappa shape index (κ2) is 4.70. The molecule has 100 valence electrons. The predicted molar refractivity (Wildman–Crippen MR) is 74.2 cm³/mol. The number of methoxy groups -OCH3 is 1. The highest BCUT2D eigenvalue weighted by Crippen LogP contribution is 2.37. The third kappa shape index (κ3) is 2.02. The van der Waals surface area contributed by atoms with Crippen molar-refractivity contribution < 1.29 is 4.74 Å². The van der Waals surface area contributed by atoms with E-state index in [0.29, 0.717) is 6.04 Å². The van der Waals surface area contributed by atoms with Gasteiger partial charge in [0.15, 0.2) is 0 Å². The number of nitrogens with zero attached hydrogens (tertiary/aromatic N) is 2. The molecule has 2 atom stereocenters. The van der Waals surface area contributed by atoms with E-state index in [1.807, 2.05) is 25.4 Å². The summed E-state index contributed by atoms with van der Waals surface area (Å²) in [6.45, 7) is 2.02. The molecule has 4 heteroatoms. The van der Waals surface area contributed by atoms with Crippen LogP contribution in [0.15, 0.2) is 30.6 Å². The molecule has 0 radical (unpaired) electrons. The first-order valence-electron chi connectivity index (χ1n) is 6.62. The summed E-state index contributed by atoms with van der Waals surface area (Å²) >= 11 is 0. The third-order valence-corrected chi connectivity index (χ3v) is 4.05. The van der Waals surface area contributed by atoms with Gasteiger partial charge in [-0.15, -0.1) is 0 Å². The average molecular weight is 257 g/mol. The molecular weight excluding hydrogens is 238 g/mol. The SMILES string of the molecule is COc1ccc2c(c1)CCC(n1ccnc1C)C2N. The van der Waals surface area contributed by atoms with E-state index >= 15 is 0 Å². The van der Waals surface area contributed by atoms with E-state index in [1.54, 1.807) is 7.11 Å². The summed E-state index contributed by atoms with van der Waals surface area (Å²) in [4.78, 5) is 4.30. The van der Waals surface area contributed by atoms with E-state index < -0.39 is 0 Å². The Morgan fingerprint density at radius 2 is 2.26 bits per heavy atom. The number of benzene rings is 1. The Balaban J connectivity index is 1.96. The van der Waals surface area contributed by atoms with E-state index in [2.05, 4.69) is 21.7 Å². The molecule has 4 nitrogen and oxygen atoms in total. The Labute approximate surface area is 113 Å². The lowest BCUT2D eigenvalue weighted by molar-refractivity contribution is 0.362. The number of nitrogens with two attached hydrogens (primary N) is 1. The largest absolute Gasteiger partial charge is 0.497 e. The van der Waals surface area contributed by atoms with Gasteiger partial charge in [0.1, 0.15) is 11.6 Å². The van der Waals surface area contributed by atoms with Gasteiger partial charge in [0.25, 0.3) is 0 Å². The molecule has 1 aliphatic rings. The van der Waals surface area contributed by atoms with Gasteiger partial charge in [-0.1, -0.05) is 6.07 Å². The topological polar surface area (TPSA) is 53.1 Å². The van der Waals surface area contributed by atoms with E-state index in [0.717, 1.165) is 24.4 Å². The number of aromatic nitrogens is 2. The molecule has 0 bridgehead atoms. The number of hydrogen-bond donors (Lipinski definition) is 1. The number of aryl methyl sites for hydroxylation is 2. The van der Waals surface area contributed by atoms with Crippen molar-refractivity contribution in [2.24, 2.45) is 5.73 Å². The van der Waals surface area contributed by atoms with E-state index in [9.17, 15) is 0 Å². The van der Waals surface area contributed by atoms with Gasteiger partial charge in [-0.25, -0.2) is 4.98 Å². The van der Waals surface area contributed by atoms with Crippen molar-refractivity contribution in [2.45, 2.75) is 31.8 Å². The molecule has 19 heavy (non-hydrogen) atoms. The van der Waals surface area contributed by atoms with Crippen molar-refractivity contribution in [3.63, 3.8) is 0 Å². The van der Waals surface area contributed by atoms with Crippen LogP contribution in [0.25, 0.3) is 0 Å². The molecule has 1 aliphatic carbocycles. The second-order valence-corrected chi connectivity index (χ2v) is 5.08. The fourth-order valence-electron chi connectivity index (χ4n) is 2.99. The molecule has 2 unspecified atom stereocenters. The van der Waals surface area contributed by atoms with Crippen LogP contribution in [0.2, 0.25) is 0 Å². The summed E-state index contributed by atoms with van der Waals surface area (Å²) in [6.07, 6.45) is 5.93. The Morgan fingerprint density at radius 3 is 2.95 bits per heavy atom. The van der Waals surface area contributed by atoms with Crippen molar-refractivity contribution in [3.8, 4) is 5.75 Å². The first-order chi connectivity index (χ1) is 9.20. The van der Waals surface area contributed by atoms with Crippen LogP contribution in [0.3, 0.4) is 0 Å². The number of ether oxygens (including phenoxy) is 1. The first kappa shape index (κ1) is 12.2. The summed E-state index contributed by atoms with van der Waals surface area (Å²) in [5.41, 5.74) is 8.99. The fourth-order valence-corrected chi connectivity index (χ4v) is 2.99. The van der Waals surface area contributed by atoms with Crippen LogP contribution >= 0.6 is 0 Å². The number of imidazole rings is 1. The third-order valence-electron chi connectivity index (χ3n) is 4.05. The molecule has 1 heterocycles. The minimum Gasteiger partial charge on any atom is -0.497 e. The molecule has 0 amide bonds. The van der Waals surface area contributed by atoms with Crippen molar-refractivity contribution in [1.82, 2.24) is 9.55 Å². The normalized spacial score (nSPS) is 22.1. The van der Waals surface area contributed by atoms with Crippen LogP contribution in [-0.2, 0) is 6.42 Å². The maximum Gasteiger partial charge on any atom is 0.119 e. The Bertz CT molecular complexity index is 591. The van der Waals surface area contributed by atoms with Gasteiger partial charge in [0, 0.05) is 12.4 Å². The van der Waals surface area contributed by atoms with Gasteiger partial charge >= 0.3 is 0 Å². The van der Waals surface area contributed by atoms with Gasteiger partial charge < -0.3 is 15.0 Å². The minimum absolute atomic E-state index is 0.0163. The summed E-state index contributed by atoms with van der Waals surface area (Å²) in [7, 11) is 1.70. The second-order valence-electron chi connectivity index (χ2n) is 5.08. The van der Waals surface area contributed by atoms with Gasteiger partial charge in [0.05, 0.1) is 19.2 Å². The van der Waals surface area contributed by atoms with Crippen LogP contribution in [0, 0.1) is 6.92 Å². The zero-order valence-electron chi connectivity index (χ0n) is 11.3. The highest BCUT2D eigenvalue weighted by Gasteiger charge is 2.28. The van der Waals surface area contributed by atoms with E-state index in [1.165, 1.54) is 11.1 Å². The summed E-state index contributed by atoms with van der Waals surface area (Å²) in [5, 5.41) is 0. The van der Waals surface area contributed by atoms with Gasteiger partial charge in [-0.05, 0) is 43.0 Å². The quantitative estimate of drug-likeness (QED) is 0.898. The van der Waals surface area contributed by atoms with Crippen molar-refractivity contribution >= 4 is 0 Å². The Morgan fingerprint density at radius 1 is 1.42 bits per heavy atom. The van der Waals surface area contributed by atoms with Crippen LogP contribution < -0.4 is 10.5 Å². The molecule has 1 aromatic heterocycles. The fraction of sp³-hybridized carbons (Fsp3) is 0.400. The predicted octanol–water partition coefficient (Wildman–Crippen LogP) is 2.39. The van der Waals surface area contributed by atoms with Crippen LogP contribution in [0.1, 0.15) is 35.5 Å². The molecule has 1 aromatic carbocycles. The molecule has 0 saturated carbocycles. The standard InChI is InChI=1S/C15H19N3O/c1-10-17-7-8-18(10)14-6-3-11-9-12(19-2)4-5-13(11)15(14)16/h4-5,7-9,14-15H,3,6,16H2,1-2H3. The maximum atomic E-state index is 6.45. The smallest absolute Gasteiger partial charge is 0.119 e. The molecular formula is C15H19N3O. The minimum atomic E-state index is 0.0163. The lowest BCUT2D eigenvalue weighted by atomic mass is 9.84. The number of hydrogen-bond acceptors (Lipinski definition) is 3. The molecule has 2 aromatic rings. The molecule has 0 spiro atoms. The molecule has 0 saturated heterocycles. The van der Waals surface area contributed by atoms with Crippen molar-refractivity contribution in [3.05, 3.63) is 47.5 Å². The summed E-state index contributed by atoms with van der Waals surface area (Å²) in [5.74, 6) is 1.93. The summed E-state index contributed by atoms with van der Waals surface area (Å²) < 4.78 is 7.47. The van der Waals surface area contributed by atoms with Gasteiger partial charge in [-0.2, -0.15) is 0 Å². The highest BCUT2D eigenvalue weighted by molar-refractivity contribution is 5.39. The average Bonchev–Trinajstić information content (AvgIpc) is 2.85. The lowest BCUT2D eigenvalue weighted by Crippen LogP contribution is -2.30. The van der Waals surface area contributed by atoms with Crippen molar-refractivity contribution in [1.29, 1.82) is 0 Å². The van der Waals surface area contributed by atoms with E-state index in [4.69, 9.17) is 10.5 Å². The molecule has 0 aliphatic heterocycles. The first-order valence-corrected chi connectivity index (χ1v) is 6.62. The Hall–Kier alpha value is -1.81. The number of fused-ring (bicyclic) bond motifs is 1. The van der Waals surface area contributed by atoms with Gasteiger partial charge in [0.2, 0.25) is 0 Å². The maximum absolute atomic E-state index is 6.45. The monoisotopic (exact) mass is 257 g/mol. The highest BCUT2D eigenvalue weighted by atomic mass is 16.5. The van der Waals surface area contributed by atoms with Gasteiger partial charge in [-0.3, -0.25) is 0 Å². The number of rotatable bonds is 2. The van der Waals surface area contributed by atoms with Crippen LogP contribution in [-0.4, -0.2) is 16.7 Å². The van der Waals surface area contributed by atoms with E-state index in [-0.39, 0.29) is 6.04 Å². The Kier molecular flexibility index (Phi) is 3.03. The zero-order chi connectivity index (χ0) is 13.4. The summed E-state index contributed by atoms with van der Waals surface area (Å²) in [6, 6.07) is 6.50. The molecule has 2 N–H and O–H groups in total. The zero-order valence-corrected chi connectivity index (χ0v) is 11.3. The lowest BCUT2D eigenvalue weighted by Gasteiger charge is -2.32. The van der Waals surface area contributed by atoms with Crippen molar-refractivity contribution in [2.75, 3.05) is 7.11 Å².